The molecule has 39 heavy (non-hydrogen) atoms. The first-order chi connectivity index (χ1) is 18.8. The number of carboxylic acid groups (broad SMARTS) is 1. The van der Waals surface area contributed by atoms with Crippen LogP contribution < -0.4 is 5.32 Å². The number of aliphatic carboxylic acids is 1. The Morgan fingerprint density at radius 1 is 1.03 bits per heavy atom. The number of hydrogen-bond acceptors (Lipinski definition) is 5. The lowest BCUT2D eigenvalue weighted by atomic mass is 9.91. The van der Waals surface area contributed by atoms with Gasteiger partial charge in [0.1, 0.15) is 17.9 Å². The van der Waals surface area contributed by atoms with E-state index in [0.717, 1.165) is 27.8 Å². The van der Waals surface area contributed by atoms with E-state index >= 15 is 0 Å². The smallest absolute Gasteiger partial charge is 0.326 e. The molecule has 0 aliphatic rings. The maximum atomic E-state index is 13.4. The van der Waals surface area contributed by atoms with Gasteiger partial charge in [0.05, 0.1) is 6.26 Å². The molecule has 4 aromatic rings. The van der Waals surface area contributed by atoms with E-state index < -0.39 is 24.0 Å². The van der Waals surface area contributed by atoms with Gasteiger partial charge >= 0.3 is 5.97 Å². The van der Waals surface area contributed by atoms with E-state index in [2.05, 4.69) is 5.32 Å². The van der Waals surface area contributed by atoms with Gasteiger partial charge in [0, 0.05) is 23.3 Å². The molecule has 1 aromatic heterocycles. The van der Waals surface area contributed by atoms with Gasteiger partial charge in [-0.15, -0.1) is 0 Å². The van der Waals surface area contributed by atoms with Gasteiger partial charge in [-0.05, 0) is 83.5 Å². The maximum absolute atomic E-state index is 13.4. The standard InChI is InChI=1S/C31H30ClNO5S/c1-19-6-4-5-7-24(19)26-16-21(10-13-25(26)30(34)33-27(31(35)36)14-15-39-3)29(37-2)28-17-22(18-38-28)20-8-11-23(32)12-9-20/h4-13,16-18,27,29H,14-15H2,1-3H3,(H,33,34)(H,35,36). The van der Waals surface area contributed by atoms with Crippen LogP contribution in [0.1, 0.15) is 39.8 Å². The molecule has 2 unspecified atom stereocenters. The van der Waals surface area contributed by atoms with Crippen LogP contribution in [0.2, 0.25) is 5.02 Å². The van der Waals surface area contributed by atoms with Crippen molar-refractivity contribution in [2.45, 2.75) is 25.5 Å². The minimum atomic E-state index is -1.06. The molecule has 1 amide bonds. The van der Waals surface area contributed by atoms with Crippen molar-refractivity contribution < 1.29 is 23.8 Å². The van der Waals surface area contributed by atoms with Gasteiger partial charge in [-0.1, -0.05) is 54.1 Å². The van der Waals surface area contributed by atoms with Crippen LogP contribution in [0.4, 0.5) is 0 Å². The number of furan rings is 1. The molecule has 0 saturated heterocycles. The van der Waals surface area contributed by atoms with Gasteiger partial charge in [0.25, 0.3) is 5.91 Å². The number of ether oxygens (including phenoxy) is 1. The van der Waals surface area contributed by atoms with Gasteiger partial charge in [-0.3, -0.25) is 4.79 Å². The average Bonchev–Trinajstić information content (AvgIpc) is 3.41. The molecule has 0 fully saturated rings. The molecular weight excluding hydrogens is 534 g/mol. The number of aryl methyl sites for hydroxylation is 1. The molecule has 8 heteroatoms. The van der Waals surface area contributed by atoms with Crippen molar-refractivity contribution >= 4 is 35.2 Å². The summed E-state index contributed by atoms with van der Waals surface area (Å²) >= 11 is 7.57. The van der Waals surface area contributed by atoms with Crippen molar-refractivity contribution in [2.24, 2.45) is 0 Å². The van der Waals surface area contributed by atoms with Crippen molar-refractivity contribution in [1.29, 1.82) is 0 Å². The van der Waals surface area contributed by atoms with Crippen molar-refractivity contribution in [3.05, 3.63) is 107 Å². The second-order valence-electron chi connectivity index (χ2n) is 9.13. The van der Waals surface area contributed by atoms with Crippen molar-refractivity contribution in [3.63, 3.8) is 0 Å². The molecule has 2 N–H and O–H groups in total. The number of methoxy groups -OCH3 is 1. The number of rotatable bonds is 11. The minimum absolute atomic E-state index is 0.334. The van der Waals surface area contributed by atoms with Crippen LogP contribution in [0.5, 0.6) is 0 Å². The highest BCUT2D eigenvalue weighted by Crippen LogP contribution is 2.35. The fraction of sp³-hybridized carbons (Fsp3) is 0.226. The van der Waals surface area contributed by atoms with E-state index in [0.29, 0.717) is 34.1 Å². The van der Waals surface area contributed by atoms with E-state index in [-0.39, 0.29) is 0 Å². The Balaban J connectivity index is 1.72. The van der Waals surface area contributed by atoms with Gasteiger partial charge in [-0.2, -0.15) is 11.8 Å². The van der Waals surface area contributed by atoms with E-state index in [4.69, 9.17) is 20.8 Å². The summed E-state index contributed by atoms with van der Waals surface area (Å²) in [5, 5.41) is 13.0. The highest BCUT2D eigenvalue weighted by Gasteiger charge is 2.25. The molecule has 0 aliphatic heterocycles. The molecule has 2 atom stereocenters. The second-order valence-corrected chi connectivity index (χ2v) is 10.5. The first-order valence-corrected chi connectivity index (χ1v) is 14.2. The number of carboxylic acids is 1. The van der Waals surface area contributed by atoms with E-state index in [1.165, 1.54) is 11.8 Å². The SMILES string of the molecule is COC(c1ccc(C(=O)NC(CCSC)C(=O)O)c(-c2ccccc2C)c1)c1cc(-c2ccc(Cl)cc2)co1. The quantitative estimate of drug-likeness (QED) is 0.200. The number of halogens is 1. The lowest BCUT2D eigenvalue weighted by molar-refractivity contribution is -0.139. The lowest BCUT2D eigenvalue weighted by Crippen LogP contribution is -2.41. The van der Waals surface area contributed by atoms with Crippen LogP contribution in [0, 0.1) is 6.92 Å². The third kappa shape index (κ3) is 6.74. The van der Waals surface area contributed by atoms with E-state index in [1.807, 2.05) is 79.9 Å². The number of amides is 1. The van der Waals surface area contributed by atoms with Gasteiger partial charge in [0.15, 0.2) is 0 Å². The largest absolute Gasteiger partial charge is 0.480 e. The zero-order valence-electron chi connectivity index (χ0n) is 21.9. The number of carbonyl (C=O) groups is 2. The predicted octanol–water partition coefficient (Wildman–Crippen LogP) is 7.25. The Morgan fingerprint density at radius 3 is 2.44 bits per heavy atom. The number of carbonyl (C=O) groups excluding carboxylic acids is 1. The summed E-state index contributed by atoms with van der Waals surface area (Å²) in [6.45, 7) is 1.97. The van der Waals surface area contributed by atoms with Gasteiger partial charge in [0.2, 0.25) is 0 Å². The van der Waals surface area contributed by atoms with E-state index in [9.17, 15) is 14.7 Å². The van der Waals surface area contributed by atoms with Crippen molar-refractivity contribution in [3.8, 4) is 22.3 Å². The van der Waals surface area contributed by atoms with Crippen LogP contribution in [-0.2, 0) is 9.53 Å². The fourth-order valence-electron chi connectivity index (χ4n) is 4.45. The first-order valence-electron chi connectivity index (χ1n) is 12.4. The number of nitrogens with one attached hydrogen (secondary N) is 1. The molecule has 202 valence electrons. The zero-order chi connectivity index (χ0) is 27.9. The predicted molar refractivity (Wildman–Crippen MR) is 157 cm³/mol. The van der Waals surface area contributed by atoms with Crippen LogP contribution >= 0.6 is 23.4 Å². The Morgan fingerprint density at radius 2 is 1.77 bits per heavy atom. The molecular formula is C31H30ClNO5S. The van der Waals surface area contributed by atoms with Gasteiger partial charge < -0.3 is 19.6 Å². The molecule has 4 rings (SSSR count). The molecule has 6 nitrogen and oxygen atoms in total. The summed E-state index contributed by atoms with van der Waals surface area (Å²) in [6, 6.07) is 21.6. The number of benzene rings is 3. The lowest BCUT2D eigenvalue weighted by Gasteiger charge is -2.19. The molecule has 0 aliphatic carbocycles. The van der Waals surface area contributed by atoms with Crippen LogP contribution in [-0.4, -0.2) is 42.1 Å². The molecule has 0 bridgehead atoms. The van der Waals surface area contributed by atoms with Crippen molar-refractivity contribution in [1.82, 2.24) is 5.32 Å². The van der Waals surface area contributed by atoms with Crippen LogP contribution in [0.25, 0.3) is 22.3 Å². The fourth-order valence-corrected chi connectivity index (χ4v) is 5.05. The Hall–Kier alpha value is -3.52. The molecule has 3 aromatic carbocycles. The van der Waals surface area contributed by atoms with Crippen LogP contribution in [0.15, 0.2) is 83.5 Å². The summed E-state index contributed by atoms with van der Waals surface area (Å²) in [7, 11) is 1.60. The molecule has 0 saturated carbocycles. The summed E-state index contributed by atoms with van der Waals surface area (Å²) < 4.78 is 11.8. The summed E-state index contributed by atoms with van der Waals surface area (Å²) in [5.74, 6) is -0.263. The van der Waals surface area contributed by atoms with Gasteiger partial charge in [-0.25, -0.2) is 4.79 Å². The van der Waals surface area contributed by atoms with Crippen LogP contribution in [0.3, 0.4) is 0 Å². The molecule has 1 heterocycles. The Labute approximate surface area is 237 Å². The molecule has 0 spiro atoms. The van der Waals surface area contributed by atoms with E-state index in [1.54, 1.807) is 19.4 Å². The zero-order valence-corrected chi connectivity index (χ0v) is 23.5. The Kier molecular flexibility index (Phi) is 9.51. The summed E-state index contributed by atoms with van der Waals surface area (Å²) in [5.41, 5.74) is 5.58. The monoisotopic (exact) mass is 563 g/mol. The summed E-state index contributed by atoms with van der Waals surface area (Å²) in [4.78, 5) is 25.2. The highest BCUT2D eigenvalue weighted by atomic mass is 35.5. The normalized spacial score (nSPS) is 12.6. The molecule has 0 radical (unpaired) electrons. The third-order valence-corrected chi connectivity index (χ3v) is 7.43. The Bertz CT molecular complexity index is 1450. The first kappa shape index (κ1) is 28.5. The summed E-state index contributed by atoms with van der Waals surface area (Å²) in [6.07, 6.45) is 3.38. The maximum Gasteiger partial charge on any atom is 0.326 e. The van der Waals surface area contributed by atoms with Crippen molar-refractivity contribution in [2.75, 3.05) is 19.1 Å². The minimum Gasteiger partial charge on any atom is -0.480 e. The topological polar surface area (TPSA) is 88.8 Å². The number of hydrogen-bond donors (Lipinski definition) is 2. The highest BCUT2D eigenvalue weighted by molar-refractivity contribution is 7.98. The number of thioether (sulfide) groups is 1. The third-order valence-electron chi connectivity index (χ3n) is 6.53. The second kappa shape index (κ2) is 13.0. The average molecular weight is 564 g/mol.